The Balaban J connectivity index is 4.24. The van der Waals surface area contributed by atoms with Gasteiger partial charge in [-0.05, 0) is 77.0 Å². The fourth-order valence-corrected chi connectivity index (χ4v) is 6.65. The first-order valence-corrected chi connectivity index (χ1v) is 24.6. The van der Waals surface area contributed by atoms with Gasteiger partial charge in [0.25, 0.3) is 0 Å². The predicted octanol–water partition coefficient (Wildman–Crippen LogP) is 13.6. The molecule has 0 spiro atoms. The van der Waals surface area contributed by atoms with Gasteiger partial charge in [0.2, 0.25) is 0 Å². The number of carbonyl (C=O) groups is 2. The topological polar surface area (TPSA) is 134 Å². The van der Waals surface area contributed by atoms with Crippen molar-refractivity contribution in [2.45, 2.75) is 187 Å². The number of hydrogen-bond acceptors (Lipinski definition) is 8. The maximum absolute atomic E-state index is 12.6. The third-order valence-corrected chi connectivity index (χ3v) is 10.3. The molecule has 2 atom stereocenters. The van der Waals surface area contributed by atoms with Crippen LogP contribution >= 0.6 is 7.82 Å². The van der Waals surface area contributed by atoms with Crippen LogP contribution in [0.1, 0.15) is 181 Å². The molecule has 0 aromatic heterocycles. The zero-order chi connectivity index (χ0) is 43.2. The Morgan fingerprint density at radius 2 is 0.966 bits per heavy atom. The van der Waals surface area contributed by atoms with Crippen LogP contribution in [0.15, 0.2) is 85.1 Å². The van der Waals surface area contributed by atoms with Crippen molar-refractivity contribution in [2.24, 2.45) is 5.73 Å². The predicted molar refractivity (Wildman–Crippen MR) is 247 cm³/mol. The third kappa shape index (κ3) is 44.6. The molecule has 0 radical (unpaired) electrons. The fourth-order valence-electron chi connectivity index (χ4n) is 5.89. The normalized spacial score (nSPS) is 14.0. The SMILES string of the molecule is CC/C=C\C/C=C\C/C=C\C/C=C\C/C=C\C/C=C\CCC(=O)OC[C@H](COP(=O)(O)OCCN)OC(=O)CCCCCCCCCCC/C=C\CCCCCCCC. The van der Waals surface area contributed by atoms with Crippen LogP contribution < -0.4 is 5.73 Å². The molecule has 59 heavy (non-hydrogen) atoms. The minimum atomic E-state index is -4.40. The number of allylic oxidation sites excluding steroid dienone is 14. The molecule has 0 aliphatic rings. The lowest BCUT2D eigenvalue weighted by Crippen LogP contribution is -2.29. The molecule has 0 heterocycles. The number of ether oxygens (including phenoxy) is 2. The summed E-state index contributed by atoms with van der Waals surface area (Å²) in [6, 6.07) is 0. The molecule has 0 aromatic carbocycles. The first-order valence-electron chi connectivity index (χ1n) is 23.1. The minimum Gasteiger partial charge on any atom is -0.462 e. The van der Waals surface area contributed by atoms with Gasteiger partial charge in [-0.25, -0.2) is 4.57 Å². The van der Waals surface area contributed by atoms with Gasteiger partial charge in [-0.2, -0.15) is 0 Å². The summed E-state index contributed by atoms with van der Waals surface area (Å²) >= 11 is 0. The fraction of sp³-hybridized carbons (Fsp3) is 0.673. The molecular formula is C49H84NO8P. The smallest absolute Gasteiger partial charge is 0.462 e. The maximum Gasteiger partial charge on any atom is 0.472 e. The highest BCUT2D eigenvalue weighted by molar-refractivity contribution is 7.47. The van der Waals surface area contributed by atoms with E-state index >= 15 is 0 Å². The number of hydrogen-bond donors (Lipinski definition) is 2. The molecule has 0 saturated heterocycles. The number of nitrogens with two attached hydrogens (primary N) is 1. The molecule has 0 fully saturated rings. The highest BCUT2D eigenvalue weighted by atomic mass is 31.2. The Hall–Kier alpha value is -2.81. The molecule has 0 rings (SSSR count). The third-order valence-electron chi connectivity index (χ3n) is 9.28. The molecule has 9 nitrogen and oxygen atoms in total. The Bertz CT molecular complexity index is 1240. The first kappa shape index (κ1) is 56.2. The van der Waals surface area contributed by atoms with Crippen LogP contribution in [0.2, 0.25) is 0 Å². The molecule has 3 N–H and O–H groups in total. The van der Waals surface area contributed by atoms with Crippen molar-refractivity contribution in [2.75, 3.05) is 26.4 Å². The molecule has 10 heteroatoms. The lowest BCUT2D eigenvalue weighted by molar-refractivity contribution is -0.161. The summed E-state index contributed by atoms with van der Waals surface area (Å²) in [4.78, 5) is 34.9. The number of esters is 2. The summed E-state index contributed by atoms with van der Waals surface area (Å²) in [6.45, 7) is 3.52. The van der Waals surface area contributed by atoms with E-state index in [1.54, 1.807) is 0 Å². The van der Waals surface area contributed by atoms with Crippen LogP contribution in [-0.4, -0.2) is 49.3 Å². The average Bonchev–Trinajstić information content (AvgIpc) is 3.22. The van der Waals surface area contributed by atoms with Crippen molar-refractivity contribution in [3.8, 4) is 0 Å². The molecule has 1 unspecified atom stereocenters. The van der Waals surface area contributed by atoms with E-state index in [-0.39, 0.29) is 32.6 Å². The molecular weight excluding hydrogens is 762 g/mol. The number of phosphoric acid groups is 1. The van der Waals surface area contributed by atoms with Gasteiger partial charge in [0, 0.05) is 19.4 Å². The van der Waals surface area contributed by atoms with Crippen molar-refractivity contribution >= 4 is 19.8 Å². The summed E-state index contributed by atoms with van der Waals surface area (Å²) in [5.74, 6) is -0.933. The van der Waals surface area contributed by atoms with Crippen LogP contribution in [0, 0.1) is 0 Å². The minimum absolute atomic E-state index is 0.0396. The summed E-state index contributed by atoms with van der Waals surface area (Å²) < 4.78 is 32.7. The van der Waals surface area contributed by atoms with Crippen LogP contribution in [0.5, 0.6) is 0 Å². The van der Waals surface area contributed by atoms with Crippen molar-refractivity contribution in [3.05, 3.63) is 85.1 Å². The van der Waals surface area contributed by atoms with Crippen LogP contribution in [0.3, 0.4) is 0 Å². The second kappa shape index (κ2) is 44.7. The van der Waals surface area contributed by atoms with E-state index < -0.39 is 32.5 Å². The van der Waals surface area contributed by atoms with Gasteiger partial charge in [-0.15, -0.1) is 0 Å². The largest absolute Gasteiger partial charge is 0.472 e. The number of unbranched alkanes of at least 4 members (excludes halogenated alkanes) is 15. The number of carbonyl (C=O) groups excluding carboxylic acids is 2. The van der Waals surface area contributed by atoms with Gasteiger partial charge in [0.15, 0.2) is 6.10 Å². The zero-order valence-electron chi connectivity index (χ0n) is 37.2. The van der Waals surface area contributed by atoms with Crippen molar-refractivity contribution in [1.29, 1.82) is 0 Å². The zero-order valence-corrected chi connectivity index (χ0v) is 38.1. The van der Waals surface area contributed by atoms with Crippen LogP contribution in [0.25, 0.3) is 0 Å². The molecule has 0 aliphatic carbocycles. The van der Waals surface area contributed by atoms with E-state index in [1.165, 1.54) is 83.5 Å². The second-order valence-corrected chi connectivity index (χ2v) is 16.3. The molecule has 0 saturated carbocycles. The van der Waals surface area contributed by atoms with Gasteiger partial charge >= 0.3 is 19.8 Å². The Morgan fingerprint density at radius 3 is 1.46 bits per heavy atom. The van der Waals surface area contributed by atoms with E-state index in [0.29, 0.717) is 12.8 Å². The van der Waals surface area contributed by atoms with E-state index in [2.05, 4.69) is 86.8 Å². The van der Waals surface area contributed by atoms with Crippen LogP contribution in [0.4, 0.5) is 0 Å². The number of rotatable bonds is 42. The van der Waals surface area contributed by atoms with Gasteiger partial charge in [0.05, 0.1) is 13.2 Å². The molecule has 0 aliphatic heterocycles. The summed E-state index contributed by atoms with van der Waals surface area (Å²) in [5.41, 5.74) is 5.35. The number of phosphoric ester groups is 1. The van der Waals surface area contributed by atoms with E-state index in [1.807, 2.05) is 12.2 Å². The maximum atomic E-state index is 12.6. The molecule has 0 amide bonds. The quantitative estimate of drug-likeness (QED) is 0.0266. The molecule has 0 aromatic rings. The Kier molecular flexibility index (Phi) is 42.6. The molecule has 0 bridgehead atoms. The van der Waals surface area contributed by atoms with Gasteiger partial charge < -0.3 is 20.1 Å². The standard InChI is InChI=1S/C49H84NO8P/c1-3-5-7-9-11-13-15-17-19-21-23-25-27-29-31-33-35-37-39-41-48(51)55-45-47(46-57-59(53,54)56-44-43-50)58-49(52)42-40-38-36-34-32-30-28-26-24-22-20-18-16-14-12-10-8-6-4-2/h5,7,11,13,17-20,23,25,29,31,35,37,47H,3-4,6,8-10,12,14-16,21-22,24,26-28,30,32-34,36,38-46,50H2,1-2H3,(H,53,54)/b7-5-,13-11-,19-17-,20-18-,25-23-,31-29-,37-35-/t47-/m1/s1. The van der Waals surface area contributed by atoms with Gasteiger partial charge in [-0.1, -0.05) is 176 Å². The van der Waals surface area contributed by atoms with Crippen LogP contribution in [-0.2, 0) is 32.7 Å². The van der Waals surface area contributed by atoms with Crippen molar-refractivity contribution < 1.29 is 37.6 Å². The molecule has 338 valence electrons. The van der Waals surface area contributed by atoms with E-state index in [9.17, 15) is 19.0 Å². The van der Waals surface area contributed by atoms with Gasteiger partial charge in [0.1, 0.15) is 6.61 Å². The average molecular weight is 846 g/mol. The highest BCUT2D eigenvalue weighted by Gasteiger charge is 2.25. The Labute approximate surface area is 360 Å². The van der Waals surface area contributed by atoms with Crippen molar-refractivity contribution in [1.82, 2.24) is 0 Å². The van der Waals surface area contributed by atoms with Gasteiger partial charge in [-0.3, -0.25) is 18.6 Å². The van der Waals surface area contributed by atoms with E-state index in [4.69, 9.17) is 24.3 Å². The summed E-state index contributed by atoms with van der Waals surface area (Å²) in [6.07, 6.45) is 56.3. The first-order chi connectivity index (χ1) is 28.8. The monoisotopic (exact) mass is 846 g/mol. The summed E-state index contributed by atoms with van der Waals surface area (Å²) in [7, 11) is -4.40. The van der Waals surface area contributed by atoms with E-state index in [0.717, 1.165) is 57.8 Å². The Morgan fingerprint density at radius 1 is 0.525 bits per heavy atom. The second-order valence-electron chi connectivity index (χ2n) is 14.9. The lowest BCUT2D eigenvalue weighted by Gasteiger charge is -2.19. The highest BCUT2D eigenvalue weighted by Crippen LogP contribution is 2.43. The summed E-state index contributed by atoms with van der Waals surface area (Å²) in [5, 5.41) is 0. The lowest BCUT2D eigenvalue weighted by atomic mass is 10.1. The van der Waals surface area contributed by atoms with Crippen molar-refractivity contribution in [3.63, 3.8) is 0 Å².